The summed E-state index contributed by atoms with van der Waals surface area (Å²) in [4.78, 5) is 2.35. The van der Waals surface area contributed by atoms with Crippen LogP contribution in [0.4, 0.5) is 5.69 Å². The Morgan fingerprint density at radius 1 is 0.600 bits per heavy atom. The number of hydrogen-bond acceptors (Lipinski definition) is 5. The number of benzene rings is 4. The van der Waals surface area contributed by atoms with Gasteiger partial charge in [0, 0.05) is 38.8 Å². The van der Waals surface area contributed by atoms with Crippen LogP contribution in [0.2, 0.25) is 0 Å². The van der Waals surface area contributed by atoms with E-state index in [1.165, 1.54) is 29.7 Å². The Bertz CT molecular complexity index is 1340. The summed E-state index contributed by atoms with van der Waals surface area (Å²) in [6.45, 7) is 6.12. The van der Waals surface area contributed by atoms with Crippen LogP contribution in [-0.2, 0) is 32.2 Å². The number of halogens is 3. The lowest BCUT2D eigenvalue weighted by Gasteiger charge is -2.34. The minimum absolute atomic E-state index is 0.122. The van der Waals surface area contributed by atoms with Crippen molar-refractivity contribution < 1.29 is 18.9 Å². The predicted octanol–water partition coefficient (Wildman–Crippen LogP) is 9.85. The third-order valence-corrected chi connectivity index (χ3v) is 8.68. The fraction of sp³-hybridized carbons (Fsp3) is 0.351. The van der Waals surface area contributed by atoms with Crippen LogP contribution in [0.15, 0.2) is 123 Å². The molecule has 2 heterocycles. The van der Waals surface area contributed by atoms with Crippen LogP contribution >= 0.6 is 47.8 Å². The molecule has 0 aliphatic carbocycles. The van der Waals surface area contributed by atoms with E-state index in [1.807, 2.05) is 66.7 Å². The van der Waals surface area contributed by atoms with Crippen LogP contribution in [0.1, 0.15) is 30.4 Å². The standard InChI is InChI=1S/C18H20BrNO2.C13H18O2.C6H4Br2/c19-16-7-4-8-17(11-16)20-9-10-22-18(12-20)14-21-13-15-5-2-1-3-6-15;1-2-6-12(7-3-1)10-14-11-13-8-4-5-9-15-13;7-5-2-1-3-6(8)4-5/h1-8,11,18H,9-10,12-14H2;1-3,6-7,13H,4-5,8-11H2;1-4H/t18-;13-;/m11./s1. The summed E-state index contributed by atoms with van der Waals surface area (Å²) >= 11 is 10.2. The predicted molar refractivity (Wildman–Crippen MR) is 194 cm³/mol. The van der Waals surface area contributed by atoms with E-state index in [0.29, 0.717) is 25.9 Å². The van der Waals surface area contributed by atoms with Crippen LogP contribution in [0, 0.1) is 0 Å². The molecule has 2 fully saturated rings. The molecular formula is C37H42Br3NO4. The summed E-state index contributed by atoms with van der Waals surface area (Å²) in [7, 11) is 0. The number of nitrogens with zero attached hydrogens (tertiary/aromatic N) is 1. The van der Waals surface area contributed by atoms with Gasteiger partial charge in [0.25, 0.3) is 0 Å². The Morgan fingerprint density at radius 2 is 1.16 bits per heavy atom. The number of ether oxygens (including phenoxy) is 4. The first-order valence-corrected chi connectivity index (χ1v) is 17.8. The van der Waals surface area contributed by atoms with Crippen molar-refractivity contribution in [2.75, 3.05) is 44.4 Å². The molecular weight excluding hydrogens is 762 g/mol. The second kappa shape index (κ2) is 21.0. The van der Waals surface area contributed by atoms with Crippen molar-refractivity contribution >= 4 is 53.5 Å². The Balaban J connectivity index is 0.000000172. The van der Waals surface area contributed by atoms with Gasteiger partial charge in [0.05, 0.1) is 45.2 Å². The second-order valence-electron chi connectivity index (χ2n) is 10.8. The SMILES string of the molecule is Brc1cccc(Br)c1.Brc1cccc(N2CCO[C@@H](COCc3ccccc3)C2)c1.c1ccc(COC[C@H]2CCCCO2)cc1. The highest BCUT2D eigenvalue weighted by Gasteiger charge is 2.21. The van der Waals surface area contributed by atoms with E-state index in [2.05, 4.69) is 95.2 Å². The average Bonchev–Trinajstić information content (AvgIpc) is 3.07. The van der Waals surface area contributed by atoms with E-state index in [4.69, 9.17) is 18.9 Å². The Kier molecular flexibility index (Phi) is 16.7. The largest absolute Gasteiger partial charge is 0.376 e. The van der Waals surface area contributed by atoms with Gasteiger partial charge in [0.1, 0.15) is 0 Å². The highest BCUT2D eigenvalue weighted by atomic mass is 79.9. The van der Waals surface area contributed by atoms with E-state index in [0.717, 1.165) is 52.7 Å². The first-order chi connectivity index (χ1) is 22.0. The van der Waals surface area contributed by atoms with Gasteiger partial charge in [-0.1, -0.05) is 121 Å². The summed E-state index contributed by atoms with van der Waals surface area (Å²) in [6, 6.07) is 36.9. The van der Waals surface area contributed by atoms with E-state index in [9.17, 15) is 0 Å². The van der Waals surface area contributed by atoms with Gasteiger partial charge in [-0.25, -0.2) is 0 Å². The Labute approximate surface area is 293 Å². The van der Waals surface area contributed by atoms with Gasteiger partial charge < -0.3 is 23.8 Å². The van der Waals surface area contributed by atoms with E-state index in [-0.39, 0.29) is 6.10 Å². The number of morpholine rings is 1. The molecule has 0 radical (unpaired) electrons. The Hall–Kier alpha value is -2.04. The molecule has 45 heavy (non-hydrogen) atoms. The lowest BCUT2D eigenvalue weighted by atomic mass is 10.1. The highest BCUT2D eigenvalue weighted by molar-refractivity contribution is 9.11. The molecule has 0 saturated carbocycles. The van der Waals surface area contributed by atoms with Gasteiger partial charge in [-0.05, 0) is 66.8 Å². The zero-order valence-corrected chi connectivity index (χ0v) is 30.3. The van der Waals surface area contributed by atoms with Gasteiger partial charge in [-0.15, -0.1) is 0 Å². The van der Waals surface area contributed by atoms with Gasteiger partial charge >= 0.3 is 0 Å². The molecule has 2 aliphatic rings. The van der Waals surface area contributed by atoms with Crippen molar-refractivity contribution in [2.45, 2.75) is 44.7 Å². The highest BCUT2D eigenvalue weighted by Crippen LogP contribution is 2.22. The van der Waals surface area contributed by atoms with Crippen LogP contribution in [0.25, 0.3) is 0 Å². The number of hydrogen-bond donors (Lipinski definition) is 0. The van der Waals surface area contributed by atoms with Crippen LogP contribution < -0.4 is 4.90 Å². The summed E-state index contributed by atoms with van der Waals surface area (Å²) in [5.41, 5.74) is 3.65. The maximum Gasteiger partial charge on any atom is 0.0983 e. The van der Waals surface area contributed by atoms with E-state index >= 15 is 0 Å². The Morgan fingerprint density at radius 3 is 1.69 bits per heavy atom. The monoisotopic (exact) mass is 801 g/mol. The van der Waals surface area contributed by atoms with Gasteiger partial charge in [0.15, 0.2) is 0 Å². The molecule has 6 rings (SSSR count). The molecule has 2 saturated heterocycles. The summed E-state index contributed by atoms with van der Waals surface area (Å²) < 4.78 is 26.2. The van der Waals surface area contributed by atoms with Crippen LogP contribution in [0.5, 0.6) is 0 Å². The van der Waals surface area contributed by atoms with Crippen molar-refractivity contribution in [3.8, 4) is 0 Å². The molecule has 240 valence electrons. The summed E-state index contributed by atoms with van der Waals surface area (Å²) in [5, 5.41) is 0. The van der Waals surface area contributed by atoms with E-state index in [1.54, 1.807) is 0 Å². The zero-order valence-electron chi connectivity index (χ0n) is 25.5. The van der Waals surface area contributed by atoms with Gasteiger partial charge in [-0.3, -0.25) is 0 Å². The minimum Gasteiger partial charge on any atom is -0.376 e. The van der Waals surface area contributed by atoms with Crippen molar-refractivity contribution in [3.63, 3.8) is 0 Å². The number of rotatable bonds is 9. The van der Waals surface area contributed by atoms with Crippen LogP contribution in [-0.4, -0.2) is 51.7 Å². The fourth-order valence-corrected chi connectivity index (χ4v) is 6.38. The topological polar surface area (TPSA) is 40.2 Å². The third-order valence-electron chi connectivity index (χ3n) is 7.20. The maximum atomic E-state index is 5.82. The van der Waals surface area contributed by atoms with Crippen molar-refractivity contribution in [3.05, 3.63) is 134 Å². The van der Waals surface area contributed by atoms with Gasteiger partial charge in [0.2, 0.25) is 0 Å². The number of anilines is 1. The average molecular weight is 804 g/mol. The molecule has 8 heteroatoms. The molecule has 2 aliphatic heterocycles. The molecule has 0 bridgehead atoms. The van der Waals surface area contributed by atoms with Crippen molar-refractivity contribution in [1.29, 1.82) is 0 Å². The van der Waals surface area contributed by atoms with Gasteiger partial charge in [-0.2, -0.15) is 0 Å². The fourth-order valence-electron chi connectivity index (χ4n) is 4.89. The van der Waals surface area contributed by atoms with Crippen LogP contribution in [0.3, 0.4) is 0 Å². The van der Waals surface area contributed by atoms with E-state index < -0.39 is 0 Å². The summed E-state index contributed by atoms with van der Waals surface area (Å²) in [6.07, 6.45) is 4.07. The molecule has 4 aromatic rings. The quantitative estimate of drug-likeness (QED) is 0.169. The molecule has 0 spiro atoms. The second-order valence-corrected chi connectivity index (χ2v) is 13.6. The molecule has 0 unspecified atom stereocenters. The van der Waals surface area contributed by atoms with Crippen molar-refractivity contribution in [2.24, 2.45) is 0 Å². The molecule has 0 aromatic heterocycles. The summed E-state index contributed by atoms with van der Waals surface area (Å²) in [5.74, 6) is 0. The normalized spacial score (nSPS) is 17.8. The third kappa shape index (κ3) is 14.5. The lowest BCUT2D eigenvalue weighted by Crippen LogP contribution is -2.44. The molecule has 2 atom stereocenters. The smallest absolute Gasteiger partial charge is 0.0983 e. The zero-order chi connectivity index (χ0) is 31.5. The minimum atomic E-state index is 0.122. The lowest BCUT2D eigenvalue weighted by molar-refractivity contribution is -0.0447. The first kappa shape index (κ1) is 35.8. The molecule has 0 amide bonds. The molecule has 4 aromatic carbocycles. The molecule has 5 nitrogen and oxygen atoms in total. The first-order valence-electron chi connectivity index (χ1n) is 15.4. The van der Waals surface area contributed by atoms with Crippen molar-refractivity contribution in [1.82, 2.24) is 0 Å². The maximum absolute atomic E-state index is 5.82. The molecule has 0 N–H and O–H groups in total.